The molecule has 0 spiro atoms. The molecule has 0 aromatic carbocycles. The molecule has 0 saturated carbocycles. The molecule has 17 heavy (non-hydrogen) atoms. The molecule has 3 heteroatoms. The summed E-state index contributed by atoms with van der Waals surface area (Å²) >= 11 is 0. The molecule has 0 saturated heterocycles. The van der Waals surface area contributed by atoms with Crippen molar-refractivity contribution in [3.63, 3.8) is 0 Å². The molecule has 96 valence electrons. The maximum atomic E-state index is 11.8. The van der Waals surface area contributed by atoms with Crippen LogP contribution in [0.3, 0.4) is 0 Å². The number of hydrogen-bond donors (Lipinski definition) is 1. The van der Waals surface area contributed by atoms with Gasteiger partial charge in [0.05, 0.1) is 6.61 Å². The number of aromatic nitrogens is 1. The van der Waals surface area contributed by atoms with Crippen molar-refractivity contribution in [3.8, 4) is 0 Å². The van der Waals surface area contributed by atoms with Gasteiger partial charge >= 0.3 is 5.97 Å². The molecule has 1 heterocycles. The average molecular weight is 237 g/mol. The van der Waals surface area contributed by atoms with Crippen LogP contribution in [0.2, 0.25) is 0 Å². The first kappa shape index (κ1) is 13.8. The highest BCUT2D eigenvalue weighted by atomic mass is 16.5. The molecule has 1 aromatic heterocycles. The molecule has 0 atom stereocenters. The quantitative estimate of drug-likeness (QED) is 0.770. The summed E-state index contributed by atoms with van der Waals surface area (Å²) < 4.78 is 5.06. The highest BCUT2D eigenvalue weighted by Crippen LogP contribution is 2.22. The maximum Gasteiger partial charge on any atom is 0.355 e. The molecule has 1 rings (SSSR count). The second-order valence-corrected chi connectivity index (χ2v) is 4.30. The normalized spacial score (nSPS) is 10.6. The number of esters is 1. The smallest absolute Gasteiger partial charge is 0.355 e. The van der Waals surface area contributed by atoms with Crippen LogP contribution in [0.4, 0.5) is 0 Å². The molecule has 3 nitrogen and oxygen atoms in total. The van der Waals surface area contributed by atoms with Gasteiger partial charge < -0.3 is 9.72 Å². The fourth-order valence-electron chi connectivity index (χ4n) is 2.16. The Labute approximate surface area is 104 Å². The highest BCUT2D eigenvalue weighted by Gasteiger charge is 2.18. The minimum atomic E-state index is -0.232. The Morgan fingerprint density at radius 2 is 1.82 bits per heavy atom. The van der Waals surface area contributed by atoms with Gasteiger partial charge in [-0.05, 0) is 37.8 Å². The molecule has 0 fully saturated rings. The third kappa shape index (κ3) is 3.11. The highest BCUT2D eigenvalue weighted by molar-refractivity contribution is 5.89. The van der Waals surface area contributed by atoms with Crippen molar-refractivity contribution >= 4 is 5.97 Å². The van der Waals surface area contributed by atoms with Crippen molar-refractivity contribution in [2.75, 3.05) is 6.61 Å². The molecule has 0 unspecified atom stereocenters. The first-order chi connectivity index (χ1) is 8.15. The Kier molecular flexibility index (Phi) is 5.26. The molecule has 0 amide bonds. The van der Waals surface area contributed by atoms with Crippen LogP contribution in [-0.2, 0) is 17.6 Å². The number of aromatic amines is 1. The monoisotopic (exact) mass is 237 g/mol. The number of rotatable bonds is 6. The van der Waals surface area contributed by atoms with Gasteiger partial charge in [-0.3, -0.25) is 0 Å². The van der Waals surface area contributed by atoms with E-state index in [4.69, 9.17) is 4.74 Å². The molecule has 0 bridgehead atoms. The second kappa shape index (κ2) is 6.48. The van der Waals surface area contributed by atoms with Gasteiger partial charge in [-0.2, -0.15) is 0 Å². The lowest BCUT2D eigenvalue weighted by atomic mass is 10.0. The Morgan fingerprint density at radius 3 is 2.35 bits per heavy atom. The van der Waals surface area contributed by atoms with Crippen molar-refractivity contribution in [3.05, 3.63) is 22.5 Å². The van der Waals surface area contributed by atoms with E-state index >= 15 is 0 Å². The van der Waals surface area contributed by atoms with Crippen LogP contribution in [0.1, 0.15) is 60.9 Å². The topological polar surface area (TPSA) is 42.1 Å². The predicted octanol–water partition coefficient (Wildman–Crippen LogP) is 3.40. The zero-order chi connectivity index (χ0) is 12.8. The fraction of sp³-hybridized carbons (Fsp3) is 0.643. The Morgan fingerprint density at radius 1 is 1.18 bits per heavy atom. The molecule has 0 aliphatic heterocycles. The maximum absolute atomic E-state index is 11.8. The van der Waals surface area contributed by atoms with E-state index in [9.17, 15) is 4.79 Å². The van der Waals surface area contributed by atoms with Crippen LogP contribution in [-0.4, -0.2) is 17.6 Å². The third-order valence-corrected chi connectivity index (χ3v) is 2.95. The summed E-state index contributed by atoms with van der Waals surface area (Å²) in [5.41, 5.74) is 4.21. The molecule has 1 aromatic rings. The lowest BCUT2D eigenvalue weighted by molar-refractivity contribution is 0.0519. The van der Waals surface area contributed by atoms with Gasteiger partial charge in [0.2, 0.25) is 0 Å². The van der Waals surface area contributed by atoms with Crippen LogP contribution in [0.15, 0.2) is 0 Å². The summed E-state index contributed by atoms with van der Waals surface area (Å²) in [6, 6.07) is 0. The molecule has 0 aliphatic carbocycles. The van der Waals surface area contributed by atoms with Gasteiger partial charge in [0.1, 0.15) is 5.69 Å². The number of carbonyl (C=O) groups is 1. The van der Waals surface area contributed by atoms with E-state index < -0.39 is 0 Å². The van der Waals surface area contributed by atoms with Crippen molar-refractivity contribution in [1.29, 1.82) is 0 Å². The average Bonchev–Trinajstić information content (AvgIpc) is 2.59. The number of H-pyrrole nitrogens is 1. The van der Waals surface area contributed by atoms with E-state index in [0.29, 0.717) is 12.3 Å². The fourth-order valence-corrected chi connectivity index (χ4v) is 2.16. The van der Waals surface area contributed by atoms with Crippen LogP contribution in [0.5, 0.6) is 0 Å². The Balaban J connectivity index is 3.06. The van der Waals surface area contributed by atoms with Gasteiger partial charge in [0.25, 0.3) is 0 Å². The second-order valence-electron chi connectivity index (χ2n) is 4.30. The van der Waals surface area contributed by atoms with Crippen molar-refractivity contribution in [2.24, 2.45) is 0 Å². The SMILES string of the molecule is CCCc1[nH]c(C(=O)OCC)c(C)c1CCC. The lowest BCUT2D eigenvalue weighted by Gasteiger charge is -2.02. The minimum absolute atomic E-state index is 0.232. The largest absolute Gasteiger partial charge is 0.461 e. The first-order valence-electron chi connectivity index (χ1n) is 6.53. The van der Waals surface area contributed by atoms with Crippen LogP contribution in [0, 0.1) is 6.92 Å². The van der Waals surface area contributed by atoms with Crippen molar-refractivity contribution in [1.82, 2.24) is 4.98 Å². The number of hydrogen-bond acceptors (Lipinski definition) is 2. The Hall–Kier alpha value is -1.25. The summed E-state index contributed by atoms with van der Waals surface area (Å²) in [7, 11) is 0. The molecule has 0 aliphatic rings. The van der Waals surface area contributed by atoms with E-state index in [2.05, 4.69) is 18.8 Å². The molecule has 0 radical (unpaired) electrons. The van der Waals surface area contributed by atoms with Crippen LogP contribution >= 0.6 is 0 Å². The van der Waals surface area contributed by atoms with Crippen molar-refractivity contribution < 1.29 is 9.53 Å². The summed E-state index contributed by atoms with van der Waals surface area (Å²) in [6.45, 7) is 8.56. The first-order valence-corrected chi connectivity index (χ1v) is 6.53. The van der Waals surface area contributed by atoms with E-state index in [-0.39, 0.29) is 5.97 Å². The van der Waals surface area contributed by atoms with Gasteiger partial charge in [-0.15, -0.1) is 0 Å². The van der Waals surface area contributed by atoms with Crippen LogP contribution in [0.25, 0.3) is 0 Å². The number of aryl methyl sites for hydroxylation is 1. The molecular formula is C14H23NO2. The minimum Gasteiger partial charge on any atom is -0.461 e. The third-order valence-electron chi connectivity index (χ3n) is 2.95. The summed E-state index contributed by atoms with van der Waals surface area (Å²) in [5.74, 6) is -0.232. The summed E-state index contributed by atoms with van der Waals surface area (Å²) in [4.78, 5) is 15.0. The molecule has 1 N–H and O–H groups in total. The standard InChI is InChI=1S/C14H23NO2/c1-5-8-11-10(4)13(14(16)17-7-3)15-12(11)9-6-2/h15H,5-9H2,1-4H3. The van der Waals surface area contributed by atoms with Crippen molar-refractivity contribution in [2.45, 2.75) is 53.4 Å². The van der Waals surface area contributed by atoms with E-state index in [0.717, 1.165) is 31.2 Å². The van der Waals surface area contributed by atoms with Gasteiger partial charge in [-0.25, -0.2) is 4.79 Å². The predicted molar refractivity (Wildman–Crippen MR) is 69.5 cm³/mol. The van der Waals surface area contributed by atoms with E-state index in [1.165, 1.54) is 11.3 Å². The lowest BCUT2D eigenvalue weighted by Crippen LogP contribution is -2.06. The van der Waals surface area contributed by atoms with E-state index in [1.807, 2.05) is 13.8 Å². The zero-order valence-corrected chi connectivity index (χ0v) is 11.4. The zero-order valence-electron chi connectivity index (χ0n) is 11.4. The summed E-state index contributed by atoms with van der Waals surface area (Å²) in [5, 5.41) is 0. The van der Waals surface area contributed by atoms with E-state index in [1.54, 1.807) is 0 Å². The number of nitrogens with one attached hydrogen (secondary N) is 1. The van der Waals surface area contributed by atoms with Gasteiger partial charge in [-0.1, -0.05) is 26.7 Å². The van der Waals surface area contributed by atoms with Gasteiger partial charge in [0.15, 0.2) is 0 Å². The van der Waals surface area contributed by atoms with Crippen LogP contribution < -0.4 is 0 Å². The number of carbonyl (C=O) groups excluding carboxylic acids is 1. The molecular weight excluding hydrogens is 214 g/mol. The number of ether oxygens (including phenoxy) is 1. The summed E-state index contributed by atoms with van der Waals surface area (Å²) in [6.07, 6.45) is 4.20. The van der Waals surface area contributed by atoms with Gasteiger partial charge in [0, 0.05) is 5.69 Å². The Bertz CT molecular complexity index is 380.